The average Bonchev–Trinajstić information content (AvgIpc) is 3.16. The second-order valence-corrected chi connectivity index (χ2v) is 8.51. The number of esters is 2. The Balaban J connectivity index is 1.68. The molecule has 0 radical (unpaired) electrons. The van der Waals surface area contributed by atoms with E-state index in [1.165, 1.54) is 16.2 Å². The second-order valence-electron chi connectivity index (χ2n) is 8.51. The number of hydrogen-bond donors (Lipinski definition) is 2. The molecule has 0 aliphatic rings. The minimum absolute atomic E-state index is 0.153. The molecule has 3 rings (SSSR count). The molecule has 0 spiro atoms. The Morgan fingerprint density at radius 3 is 2.24 bits per heavy atom. The number of nitrogens with zero attached hydrogens (tertiary/aromatic N) is 3. The molecule has 1 heterocycles. The van der Waals surface area contributed by atoms with Crippen molar-refractivity contribution in [1.82, 2.24) is 19.7 Å². The monoisotopic (exact) mass is 523 g/mol. The van der Waals surface area contributed by atoms with Crippen molar-refractivity contribution < 1.29 is 28.6 Å². The van der Waals surface area contributed by atoms with Crippen LogP contribution in [0.3, 0.4) is 0 Å². The smallest absolute Gasteiger partial charge is 0.415 e. The molecule has 0 saturated heterocycles. The molecule has 12 heteroatoms. The minimum atomic E-state index is -0.951. The molecule has 12 nitrogen and oxygen atoms in total. The number of benzene rings is 2. The SMILES string of the molecule is CC(=O)OCOC(=O)NC(=N)c1ccc(-n2nc(C)n(-c3ccc(CCC(=O)OC(C)C)cc3)c2=O)cc1. The molecule has 0 bridgehead atoms. The van der Waals surface area contributed by atoms with Gasteiger partial charge in [0, 0.05) is 18.9 Å². The maximum Gasteiger partial charge on any atom is 0.415 e. The molecule has 0 fully saturated rings. The van der Waals surface area contributed by atoms with E-state index < -0.39 is 18.9 Å². The first kappa shape index (κ1) is 27.8. The van der Waals surface area contributed by atoms with Crippen LogP contribution in [-0.2, 0) is 30.2 Å². The van der Waals surface area contributed by atoms with Crippen molar-refractivity contribution in [2.75, 3.05) is 6.79 Å². The summed E-state index contributed by atoms with van der Waals surface area (Å²) < 4.78 is 17.0. The maximum atomic E-state index is 13.2. The second kappa shape index (κ2) is 12.5. The molecule has 3 aromatic rings. The fourth-order valence-electron chi connectivity index (χ4n) is 3.46. The number of carbonyl (C=O) groups excluding carboxylic acids is 3. The zero-order valence-electron chi connectivity index (χ0n) is 21.5. The fourth-order valence-corrected chi connectivity index (χ4v) is 3.46. The number of aromatic nitrogens is 3. The highest BCUT2D eigenvalue weighted by Gasteiger charge is 2.15. The molecule has 200 valence electrons. The Kier molecular flexibility index (Phi) is 9.14. The number of carbonyl (C=O) groups is 3. The summed E-state index contributed by atoms with van der Waals surface area (Å²) in [5, 5.41) is 14.6. The van der Waals surface area contributed by atoms with Gasteiger partial charge in [0.15, 0.2) is 0 Å². The predicted molar refractivity (Wildman–Crippen MR) is 137 cm³/mol. The lowest BCUT2D eigenvalue weighted by Gasteiger charge is -2.09. The van der Waals surface area contributed by atoms with E-state index in [0.29, 0.717) is 29.2 Å². The van der Waals surface area contributed by atoms with Gasteiger partial charge in [-0.3, -0.25) is 20.3 Å². The lowest BCUT2D eigenvalue weighted by molar-refractivity contribution is -0.149. The number of nitrogens with one attached hydrogen (secondary N) is 2. The Morgan fingerprint density at radius 2 is 1.63 bits per heavy atom. The Morgan fingerprint density at radius 1 is 1.00 bits per heavy atom. The molecule has 2 aromatic carbocycles. The molecule has 0 aliphatic carbocycles. The van der Waals surface area contributed by atoms with Crippen LogP contribution in [0.25, 0.3) is 11.4 Å². The first-order valence-corrected chi connectivity index (χ1v) is 11.8. The van der Waals surface area contributed by atoms with Gasteiger partial charge in [-0.25, -0.2) is 14.2 Å². The number of alkyl carbamates (subject to hydrolysis) is 1. The van der Waals surface area contributed by atoms with E-state index in [2.05, 4.69) is 19.9 Å². The Hall–Kier alpha value is -4.74. The van der Waals surface area contributed by atoms with Crippen LogP contribution in [0.5, 0.6) is 0 Å². The number of rotatable bonds is 9. The molecular formula is C26H29N5O7. The van der Waals surface area contributed by atoms with Crippen molar-refractivity contribution in [2.45, 2.75) is 46.6 Å². The molecule has 0 unspecified atom stereocenters. The predicted octanol–water partition coefficient (Wildman–Crippen LogP) is 2.79. The van der Waals surface area contributed by atoms with E-state index in [-0.39, 0.29) is 30.0 Å². The van der Waals surface area contributed by atoms with Crippen LogP contribution in [-0.4, -0.2) is 51.1 Å². The first-order chi connectivity index (χ1) is 18.0. The summed E-state index contributed by atoms with van der Waals surface area (Å²) in [5.41, 5.74) is 2.00. The lowest BCUT2D eigenvalue weighted by atomic mass is 10.1. The van der Waals surface area contributed by atoms with Gasteiger partial charge in [0.25, 0.3) is 0 Å². The van der Waals surface area contributed by atoms with Gasteiger partial charge in [-0.1, -0.05) is 12.1 Å². The molecule has 0 atom stereocenters. The number of amides is 1. The zero-order chi connectivity index (χ0) is 27.8. The van der Waals surface area contributed by atoms with Crippen molar-refractivity contribution in [2.24, 2.45) is 0 Å². The zero-order valence-corrected chi connectivity index (χ0v) is 21.5. The highest BCUT2D eigenvalue weighted by Crippen LogP contribution is 2.14. The molecule has 0 saturated carbocycles. The third-order valence-electron chi connectivity index (χ3n) is 5.20. The summed E-state index contributed by atoms with van der Waals surface area (Å²) in [7, 11) is 0. The first-order valence-electron chi connectivity index (χ1n) is 11.8. The van der Waals surface area contributed by atoms with Gasteiger partial charge >= 0.3 is 23.7 Å². The van der Waals surface area contributed by atoms with E-state index in [0.717, 1.165) is 5.56 Å². The van der Waals surface area contributed by atoms with Gasteiger partial charge < -0.3 is 14.2 Å². The number of amidine groups is 1. The molecule has 2 N–H and O–H groups in total. The highest BCUT2D eigenvalue weighted by molar-refractivity contribution is 6.04. The highest BCUT2D eigenvalue weighted by atomic mass is 16.7. The van der Waals surface area contributed by atoms with E-state index >= 15 is 0 Å². The van der Waals surface area contributed by atoms with Gasteiger partial charge in [0.05, 0.1) is 17.5 Å². The van der Waals surface area contributed by atoms with Crippen LogP contribution in [0.4, 0.5) is 4.79 Å². The standard InChI is InChI=1S/C26H29N5O7/c1-16(2)38-23(33)14-7-19-5-10-21(11-6-19)30-17(3)29-31(26(30)35)22-12-8-20(9-13-22)24(27)28-25(34)37-15-36-18(4)32/h5-6,8-13,16H,7,14-15H2,1-4H3,(H2,27,28,34). The summed E-state index contributed by atoms with van der Waals surface area (Å²) in [4.78, 5) is 47.3. The summed E-state index contributed by atoms with van der Waals surface area (Å²) in [5.74, 6) is -0.629. The van der Waals surface area contributed by atoms with E-state index in [9.17, 15) is 19.2 Å². The van der Waals surface area contributed by atoms with Crippen molar-refractivity contribution in [3.8, 4) is 11.4 Å². The van der Waals surface area contributed by atoms with Crippen molar-refractivity contribution >= 4 is 23.9 Å². The van der Waals surface area contributed by atoms with Gasteiger partial charge in [-0.05, 0) is 69.2 Å². The largest absolute Gasteiger partial charge is 0.463 e. The van der Waals surface area contributed by atoms with Crippen molar-refractivity contribution in [3.63, 3.8) is 0 Å². The minimum Gasteiger partial charge on any atom is -0.463 e. The fraction of sp³-hybridized carbons (Fsp3) is 0.308. The molecular weight excluding hydrogens is 494 g/mol. The van der Waals surface area contributed by atoms with Gasteiger partial charge in [0.1, 0.15) is 11.7 Å². The van der Waals surface area contributed by atoms with Gasteiger partial charge in [0.2, 0.25) is 6.79 Å². The van der Waals surface area contributed by atoms with E-state index in [1.807, 2.05) is 12.1 Å². The third-order valence-corrected chi connectivity index (χ3v) is 5.20. The van der Waals surface area contributed by atoms with Crippen LogP contribution >= 0.6 is 0 Å². The molecule has 1 amide bonds. The van der Waals surface area contributed by atoms with Crippen LogP contribution in [0.1, 0.15) is 44.1 Å². The van der Waals surface area contributed by atoms with Crippen LogP contribution in [0.15, 0.2) is 53.3 Å². The van der Waals surface area contributed by atoms with E-state index in [4.69, 9.17) is 10.1 Å². The number of hydrogen-bond acceptors (Lipinski definition) is 9. The summed E-state index contributed by atoms with van der Waals surface area (Å²) in [6.07, 6.45) is -0.307. The quantitative estimate of drug-likeness (QED) is 0.188. The molecule has 38 heavy (non-hydrogen) atoms. The normalized spacial score (nSPS) is 10.7. The van der Waals surface area contributed by atoms with Crippen molar-refractivity contribution in [3.05, 3.63) is 76.0 Å². The third kappa shape index (κ3) is 7.38. The van der Waals surface area contributed by atoms with Gasteiger partial charge in [-0.15, -0.1) is 5.10 Å². The lowest BCUT2D eigenvalue weighted by Crippen LogP contribution is -2.31. The Labute approximate surface area is 218 Å². The maximum absolute atomic E-state index is 13.2. The molecule has 0 aliphatic heterocycles. The van der Waals surface area contributed by atoms with Crippen LogP contribution in [0, 0.1) is 12.3 Å². The topological polar surface area (TPSA) is 155 Å². The Bertz CT molecular complexity index is 1370. The number of ether oxygens (including phenoxy) is 3. The summed E-state index contributed by atoms with van der Waals surface area (Å²) in [6.45, 7) is 5.93. The summed E-state index contributed by atoms with van der Waals surface area (Å²) in [6, 6.07) is 13.6. The van der Waals surface area contributed by atoms with Crippen LogP contribution < -0.4 is 11.0 Å². The summed E-state index contributed by atoms with van der Waals surface area (Å²) >= 11 is 0. The van der Waals surface area contributed by atoms with Gasteiger partial charge in [-0.2, -0.15) is 4.68 Å². The average molecular weight is 524 g/mol. The molecule has 1 aromatic heterocycles. The number of aryl methyl sites for hydroxylation is 2. The van der Waals surface area contributed by atoms with E-state index in [1.54, 1.807) is 57.2 Å². The van der Waals surface area contributed by atoms with Crippen LogP contribution in [0.2, 0.25) is 0 Å². The van der Waals surface area contributed by atoms with Crippen molar-refractivity contribution in [1.29, 1.82) is 5.41 Å².